The van der Waals surface area contributed by atoms with Crippen LogP contribution >= 0.6 is 0 Å². The summed E-state index contributed by atoms with van der Waals surface area (Å²) in [6.45, 7) is 2.48. The van der Waals surface area contributed by atoms with Crippen molar-refractivity contribution in [2.24, 2.45) is 0 Å². The summed E-state index contributed by atoms with van der Waals surface area (Å²) >= 11 is 0. The van der Waals surface area contributed by atoms with Gasteiger partial charge in [-0.25, -0.2) is 4.39 Å². The fraction of sp³-hybridized carbons (Fsp3) is 0.188. The van der Waals surface area contributed by atoms with Gasteiger partial charge in [-0.15, -0.1) is 0 Å². The summed E-state index contributed by atoms with van der Waals surface area (Å²) < 4.78 is 12.9. The molecule has 0 unspecified atom stereocenters. The van der Waals surface area contributed by atoms with E-state index >= 15 is 0 Å². The first-order valence-electron chi connectivity index (χ1n) is 6.24. The normalized spacial score (nSPS) is 10.2. The van der Waals surface area contributed by atoms with E-state index in [2.05, 4.69) is 5.32 Å². The number of hydrogen-bond donors (Lipinski definition) is 1. The Balaban J connectivity index is 1.86. The minimum absolute atomic E-state index is 0.0869. The number of aryl methyl sites for hydroxylation is 1. The predicted octanol–water partition coefficient (Wildman–Crippen LogP) is 3.82. The van der Waals surface area contributed by atoms with Gasteiger partial charge in [-0.1, -0.05) is 35.9 Å². The van der Waals surface area contributed by atoms with Crippen molar-refractivity contribution in [3.63, 3.8) is 0 Å². The average Bonchev–Trinajstić information content (AvgIpc) is 2.39. The fourth-order valence-electron chi connectivity index (χ4n) is 1.80. The Kier molecular flexibility index (Phi) is 4.29. The molecule has 2 nitrogen and oxygen atoms in total. The Morgan fingerprint density at radius 3 is 2.58 bits per heavy atom. The number of ketones is 1. The summed E-state index contributed by atoms with van der Waals surface area (Å²) in [5, 5.41) is 3.04. The van der Waals surface area contributed by atoms with E-state index in [1.54, 1.807) is 12.1 Å². The summed E-state index contributed by atoms with van der Waals surface area (Å²) in [4.78, 5) is 11.9. The number of nitrogens with one attached hydrogen (secondary N) is 1. The highest BCUT2D eigenvalue weighted by Crippen LogP contribution is 2.10. The molecular formula is C16H16FNO. The molecule has 0 saturated carbocycles. The van der Waals surface area contributed by atoms with Gasteiger partial charge >= 0.3 is 0 Å². The molecule has 0 aliphatic rings. The number of benzene rings is 2. The van der Waals surface area contributed by atoms with Gasteiger partial charge < -0.3 is 5.32 Å². The first-order chi connectivity index (χ1) is 9.15. The molecule has 0 bridgehead atoms. The van der Waals surface area contributed by atoms with Crippen molar-refractivity contribution in [3.05, 3.63) is 65.5 Å². The first kappa shape index (κ1) is 13.3. The lowest BCUT2D eigenvalue weighted by Gasteiger charge is -2.06. The molecule has 19 heavy (non-hydrogen) atoms. The van der Waals surface area contributed by atoms with Crippen LogP contribution < -0.4 is 5.32 Å². The number of halogens is 1. The minimum atomic E-state index is -0.283. The SMILES string of the molecule is Cc1ccc(C(=O)CCNc2cccc(F)c2)cc1. The first-order valence-corrected chi connectivity index (χ1v) is 6.24. The molecule has 0 fully saturated rings. The Bertz CT molecular complexity index is 563. The highest BCUT2D eigenvalue weighted by molar-refractivity contribution is 5.96. The Morgan fingerprint density at radius 2 is 1.89 bits per heavy atom. The van der Waals surface area contributed by atoms with Crippen LogP contribution in [-0.2, 0) is 0 Å². The number of anilines is 1. The summed E-state index contributed by atoms with van der Waals surface area (Å²) in [6.07, 6.45) is 0.388. The fourth-order valence-corrected chi connectivity index (χ4v) is 1.80. The van der Waals surface area contributed by atoms with E-state index in [9.17, 15) is 9.18 Å². The molecule has 2 aromatic rings. The Morgan fingerprint density at radius 1 is 1.16 bits per heavy atom. The van der Waals surface area contributed by atoms with E-state index < -0.39 is 0 Å². The molecule has 2 rings (SSSR count). The van der Waals surface area contributed by atoms with Gasteiger partial charge in [-0.05, 0) is 25.1 Å². The minimum Gasteiger partial charge on any atom is -0.385 e. The number of carbonyl (C=O) groups excluding carboxylic acids is 1. The van der Waals surface area contributed by atoms with Crippen LogP contribution in [-0.4, -0.2) is 12.3 Å². The number of Topliss-reactive ketones (excluding diaryl/α,β-unsaturated/α-hetero) is 1. The van der Waals surface area contributed by atoms with Crippen molar-refractivity contribution in [1.29, 1.82) is 0 Å². The topological polar surface area (TPSA) is 29.1 Å². The molecule has 0 heterocycles. The van der Waals surface area contributed by atoms with Crippen molar-refractivity contribution >= 4 is 11.5 Å². The quantitative estimate of drug-likeness (QED) is 0.825. The monoisotopic (exact) mass is 257 g/mol. The highest BCUT2D eigenvalue weighted by Gasteiger charge is 2.04. The molecule has 0 spiro atoms. The van der Waals surface area contributed by atoms with E-state index in [1.165, 1.54) is 12.1 Å². The van der Waals surface area contributed by atoms with Crippen LogP contribution in [0.3, 0.4) is 0 Å². The third-order valence-electron chi connectivity index (χ3n) is 2.88. The summed E-state index contributed by atoms with van der Waals surface area (Å²) in [7, 11) is 0. The number of hydrogen-bond acceptors (Lipinski definition) is 2. The maximum Gasteiger partial charge on any atom is 0.164 e. The Hall–Kier alpha value is -2.16. The molecule has 0 saturated heterocycles. The van der Waals surface area contributed by atoms with Crippen molar-refractivity contribution in [2.45, 2.75) is 13.3 Å². The van der Waals surface area contributed by atoms with E-state index in [1.807, 2.05) is 31.2 Å². The van der Waals surface area contributed by atoms with Crippen LogP contribution in [0, 0.1) is 12.7 Å². The van der Waals surface area contributed by atoms with Gasteiger partial charge in [-0.2, -0.15) is 0 Å². The van der Waals surface area contributed by atoms with Gasteiger partial charge in [0.25, 0.3) is 0 Å². The van der Waals surface area contributed by atoms with Gasteiger partial charge in [0.15, 0.2) is 5.78 Å². The lowest BCUT2D eigenvalue weighted by Crippen LogP contribution is -2.09. The standard InChI is InChI=1S/C16H16FNO/c1-12-5-7-13(8-6-12)16(19)9-10-18-15-4-2-3-14(17)11-15/h2-8,11,18H,9-10H2,1H3. The Labute approximate surface area is 112 Å². The van der Waals surface area contributed by atoms with Gasteiger partial charge in [0.2, 0.25) is 0 Å². The van der Waals surface area contributed by atoms with Gasteiger partial charge in [0.1, 0.15) is 5.82 Å². The van der Waals surface area contributed by atoms with Gasteiger partial charge in [0, 0.05) is 24.2 Å². The molecule has 0 amide bonds. The van der Waals surface area contributed by atoms with Crippen molar-refractivity contribution < 1.29 is 9.18 Å². The molecular weight excluding hydrogens is 241 g/mol. The van der Waals surface area contributed by atoms with Crippen molar-refractivity contribution in [3.8, 4) is 0 Å². The van der Waals surface area contributed by atoms with Crippen LogP contribution in [0.2, 0.25) is 0 Å². The molecule has 3 heteroatoms. The van der Waals surface area contributed by atoms with E-state index in [0.29, 0.717) is 24.2 Å². The van der Waals surface area contributed by atoms with Crippen molar-refractivity contribution in [2.75, 3.05) is 11.9 Å². The molecule has 0 atom stereocenters. The van der Waals surface area contributed by atoms with Crippen LogP contribution in [0.1, 0.15) is 22.3 Å². The number of carbonyl (C=O) groups is 1. The highest BCUT2D eigenvalue weighted by atomic mass is 19.1. The van der Waals surface area contributed by atoms with Crippen LogP contribution in [0.25, 0.3) is 0 Å². The third kappa shape index (κ3) is 3.91. The van der Waals surface area contributed by atoms with Crippen molar-refractivity contribution in [1.82, 2.24) is 0 Å². The molecule has 2 aromatic carbocycles. The van der Waals surface area contributed by atoms with Crippen LogP contribution in [0.5, 0.6) is 0 Å². The van der Waals surface area contributed by atoms with E-state index in [4.69, 9.17) is 0 Å². The second-order valence-corrected chi connectivity index (χ2v) is 4.48. The lowest BCUT2D eigenvalue weighted by molar-refractivity contribution is 0.0986. The molecule has 0 aromatic heterocycles. The van der Waals surface area contributed by atoms with Gasteiger partial charge in [-0.3, -0.25) is 4.79 Å². The molecule has 0 aliphatic carbocycles. The summed E-state index contributed by atoms with van der Waals surface area (Å²) in [5.74, 6) is -0.196. The second kappa shape index (κ2) is 6.14. The second-order valence-electron chi connectivity index (χ2n) is 4.48. The summed E-state index contributed by atoms with van der Waals surface area (Å²) in [6, 6.07) is 13.7. The van der Waals surface area contributed by atoms with Crippen LogP contribution in [0.4, 0.5) is 10.1 Å². The smallest absolute Gasteiger partial charge is 0.164 e. The molecule has 0 radical (unpaired) electrons. The summed E-state index contributed by atoms with van der Waals surface area (Å²) in [5.41, 5.74) is 2.54. The zero-order valence-electron chi connectivity index (χ0n) is 10.8. The van der Waals surface area contributed by atoms with E-state index in [0.717, 1.165) is 5.56 Å². The zero-order valence-corrected chi connectivity index (χ0v) is 10.8. The maximum atomic E-state index is 12.9. The lowest BCUT2D eigenvalue weighted by atomic mass is 10.1. The van der Waals surface area contributed by atoms with Crippen LogP contribution in [0.15, 0.2) is 48.5 Å². The molecule has 98 valence electrons. The molecule has 1 N–H and O–H groups in total. The number of rotatable bonds is 5. The average molecular weight is 257 g/mol. The maximum absolute atomic E-state index is 12.9. The molecule has 0 aliphatic heterocycles. The predicted molar refractivity (Wildman–Crippen MR) is 75.0 cm³/mol. The largest absolute Gasteiger partial charge is 0.385 e. The van der Waals surface area contributed by atoms with E-state index in [-0.39, 0.29) is 11.6 Å². The third-order valence-corrected chi connectivity index (χ3v) is 2.88. The van der Waals surface area contributed by atoms with Gasteiger partial charge in [0.05, 0.1) is 0 Å². The zero-order chi connectivity index (χ0) is 13.7.